The summed E-state index contributed by atoms with van der Waals surface area (Å²) < 4.78 is 44.7. The van der Waals surface area contributed by atoms with Gasteiger partial charge in [0.05, 0.1) is 16.1 Å². The van der Waals surface area contributed by atoms with Crippen LogP contribution in [0.4, 0.5) is 18.9 Å². The standard InChI is InChI=1S/C17H16F3NO3/c1-3-12-5-4-6-15(21(22)23)13(12)10-24-16-8-7-11(2)9-14(16)17(18,19)20/h4-9H,3,10H2,1-2H3. The third kappa shape index (κ3) is 3.84. The molecule has 0 aliphatic rings. The molecular weight excluding hydrogens is 323 g/mol. The Morgan fingerprint density at radius 2 is 1.92 bits per heavy atom. The van der Waals surface area contributed by atoms with Gasteiger partial charge in [0.1, 0.15) is 12.4 Å². The largest absolute Gasteiger partial charge is 0.488 e. The summed E-state index contributed by atoms with van der Waals surface area (Å²) in [6.07, 6.45) is -4.04. The first-order valence-corrected chi connectivity index (χ1v) is 7.29. The van der Waals surface area contributed by atoms with E-state index in [1.165, 1.54) is 18.2 Å². The second-order valence-corrected chi connectivity index (χ2v) is 5.31. The average Bonchev–Trinajstić information content (AvgIpc) is 2.52. The van der Waals surface area contributed by atoms with E-state index in [0.29, 0.717) is 23.1 Å². The first-order valence-electron chi connectivity index (χ1n) is 7.29. The van der Waals surface area contributed by atoms with Gasteiger partial charge in [-0.25, -0.2) is 0 Å². The van der Waals surface area contributed by atoms with Crippen LogP contribution in [-0.2, 0) is 19.2 Å². The van der Waals surface area contributed by atoms with Crippen LogP contribution < -0.4 is 4.74 Å². The summed E-state index contributed by atoms with van der Waals surface area (Å²) in [5.41, 5.74) is 0.368. The Bertz CT molecular complexity index is 757. The molecule has 128 valence electrons. The number of ether oxygens (including phenoxy) is 1. The van der Waals surface area contributed by atoms with Crippen LogP contribution in [0.25, 0.3) is 0 Å². The van der Waals surface area contributed by atoms with Crippen LogP contribution in [0.1, 0.15) is 29.2 Å². The first-order chi connectivity index (χ1) is 11.2. The molecular formula is C17H16F3NO3. The SMILES string of the molecule is CCc1cccc([N+](=O)[O-])c1COc1ccc(C)cc1C(F)(F)F. The second-order valence-electron chi connectivity index (χ2n) is 5.31. The van der Waals surface area contributed by atoms with Gasteiger partial charge >= 0.3 is 6.18 Å². The number of alkyl halides is 3. The van der Waals surface area contributed by atoms with E-state index < -0.39 is 16.7 Å². The fourth-order valence-corrected chi connectivity index (χ4v) is 2.43. The van der Waals surface area contributed by atoms with Crippen LogP contribution in [0.3, 0.4) is 0 Å². The van der Waals surface area contributed by atoms with Gasteiger partial charge < -0.3 is 4.74 Å². The van der Waals surface area contributed by atoms with E-state index >= 15 is 0 Å². The summed E-state index contributed by atoms with van der Waals surface area (Å²) >= 11 is 0. The lowest BCUT2D eigenvalue weighted by Crippen LogP contribution is -2.10. The third-order valence-electron chi connectivity index (χ3n) is 3.64. The molecule has 24 heavy (non-hydrogen) atoms. The normalized spacial score (nSPS) is 11.4. The van der Waals surface area contributed by atoms with Gasteiger partial charge in [0.25, 0.3) is 5.69 Å². The molecule has 0 bridgehead atoms. The molecule has 0 N–H and O–H groups in total. The van der Waals surface area contributed by atoms with E-state index in [1.54, 1.807) is 19.1 Å². The molecule has 0 unspecified atom stereocenters. The van der Waals surface area contributed by atoms with Gasteiger partial charge in [-0.3, -0.25) is 10.1 Å². The zero-order valence-corrected chi connectivity index (χ0v) is 13.2. The van der Waals surface area contributed by atoms with Crippen molar-refractivity contribution in [3.63, 3.8) is 0 Å². The number of hydrogen-bond donors (Lipinski definition) is 0. The molecule has 7 heteroatoms. The van der Waals surface area contributed by atoms with E-state index in [-0.39, 0.29) is 18.0 Å². The number of nitro benzene ring substituents is 1. The van der Waals surface area contributed by atoms with Crippen LogP contribution in [0.2, 0.25) is 0 Å². The molecule has 0 aromatic heterocycles. The Hall–Kier alpha value is -2.57. The molecule has 0 spiro atoms. The summed E-state index contributed by atoms with van der Waals surface area (Å²) in [7, 11) is 0. The maximum absolute atomic E-state index is 13.1. The highest BCUT2D eigenvalue weighted by Gasteiger charge is 2.34. The van der Waals surface area contributed by atoms with Crippen molar-refractivity contribution >= 4 is 5.69 Å². The lowest BCUT2D eigenvalue weighted by atomic mass is 10.0. The molecule has 0 atom stereocenters. The molecule has 0 saturated heterocycles. The molecule has 0 amide bonds. The Labute approximate surface area is 137 Å². The molecule has 2 aromatic rings. The summed E-state index contributed by atoms with van der Waals surface area (Å²) in [6.45, 7) is 3.07. The van der Waals surface area contributed by atoms with E-state index in [9.17, 15) is 23.3 Å². The summed E-state index contributed by atoms with van der Waals surface area (Å²) in [5.74, 6) is -0.340. The average molecular weight is 339 g/mol. The van der Waals surface area contributed by atoms with Gasteiger partial charge in [-0.15, -0.1) is 0 Å². The Balaban J connectivity index is 2.38. The topological polar surface area (TPSA) is 52.4 Å². The zero-order chi connectivity index (χ0) is 17.9. The van der Waals surface area contributed by atoms with Crippen molar-refractivity contribution in [1.82, 2.24) is 0 Å². The van der Waals surface area contributed by atoms with Crippen molar-refractivity contribution in [2.45, 2.75) is 33.1 Å². The molecule has 0 heterocycles. The van der Waals surface area contributed by atoms with Crippen molar-refractivity contribution in [1.29, 1.82) is 0 Å². The molecule has 4 nitrogen and oxygen atoms in total. The van der Waals surface area contributed by atoms with E-state index in [0.717, 1.165) is 6.07 Å². The van der Waals surface area contributed by atoms with Crippen LogP contribution >= 0.6 is 0 Å². The van der Waals surface area contributed by atoms with Gasteiger partial charge in [0.15, 0.2) is 0 Å². The third-order valence-corrected chi connectivity index (χ3v) is 3.64. The molecule has 2 aromatic carbocycles. The van der Waals surface area contributed by atoms with E-state index in [4.69, 9.17) is 4.74 Å². The summed E-state index contributed by atoms with van der Waals surface area (Å²) in [6, 6.07) is 8.30. The van der Waals surface area contributed by atoms with Gasteiger partial charge in [0.2, 0.25) is 0 Å². The highest BCUT2D eigenvalue weighted by atomic mass is 19.4. The maximum Gasteiger partial charge on any atom is 0.419 e. The fourth-order valence-electron chi connectivity index (χ4n) is 2.43. The van der Waals surface area contributed by atoms with Crippen molar-refractivity contribution in [3.8, 4) is 5.75 Å². The number of hydrogen-bond acceptors (Lipinski definition) is 3. The Kier molecular flexibility index (Phi) is 5.11. The molecule has 0 aliphatic carbocycles. The quantitative estimate of drug-likeness (QED) is 0.565. The van der Waals surface area contributed by atoms with Crippen molar-refractivity contribution in [2.75, 3.05) is 0 Å². The fraction of sp³-hybridized carbons (Fsp3) is 0.294. The minimum Gasteiger partial charge on any atom is -0.488 e. The molecule has 0 aliphatic heterocycles. The smallest absolute Gasteiger partial charge is 0.419 e. The second kappa shape index (κ2) is 6.90. The first kappa shape index (κ1) is 17.8. The van der Waals surface area contributed by atoms with Crippen molar-refractivity contribution in [3.05, 3.63) is 68.8 Å². The van der Waals surface area contributed by atoms with Gasteiger partial charge in [-0.1, -0.05) is 30.7 Å². The Morgan fingerprint density at radius 1 is 1.21 bits per heavy atom. The van der Waals surface area contributed by atoms with Gasteiger partial charge in [0, 0.05) is 6.07 Å². The van der Waals surface area contributed by atoms with Gasteiger partial charge in [-0.2, -0.15) is 13.2 Å². The highest BCUT2D eigenvalue weighted by molar-refractivity contribution is 5.46. The number of benzene rings is 2. The number of nitro groups is 1. The summed E-state index contributed by atoms with van der Waals surface area (Å²) in [5, 5.41) is 11.1. The summed E-state index contributed by atoms with van der Waals surface area (Å²) in [4.78, 5) is 10.6. The maximum atomic E-state index is 13.1. The monoisotopic (exact) mass is 339 g/mol. The van der Waals surface area contributed by atoms with E-state index in [2.05, 4.69) is 0 Å². The van der Waals surface area contributed by atoms with Crippen molar-refractivity contribution in [2.24, 2.45) is 0 Å². The minimum atomic E-state index is -4.56. The molecule has 0 saturated carbocycles. The predicted molar refractivity (Wildman–Crippen MR) is 83.0 cm³/mol. The van der Waals surface area contributed by atoms with Crippen molar-refractivity contribution < 1.29 is 22.8 Å². The lowest BCUT2D eigenvalue weighted by Gasteiger charge is -2.16. The number of aryl methyl sites for hydroxylation is 2. The molecule has 2 rings (SSSR count). The predicted octanol–water partition coefficient (Wildman–Crippen LogP) is 5.06. The lowest BCUT2D eigenvalue weighted by molar-refractivity contribution is -0.385. The molecule has 0 fully saturated rings. The minimum absolute atomic E-state index is 0.157. The number of rotatable bonds is 5. The Morgan fingerprint density at radius 3 is 2.50 bits per heavy atom. The van der Waals surface area contributed by atoms with Crippen LogP contribution in [-0.4, -0.2) is 4.92 Å². The zero-order valence-electron chi connectivity index (χ0n) is 13.2. The number of halogens is 3. The number of nitrogens with zero attached hydrogens (tertiary/aromatic N) is 1. The van der Waals surface area contributed by atoms with Gasteiger partial charge in [-0.05, 0) is 31.0 Å². The molecule has 0 radical (unpaired) electrons. The van der Waals surface area contributed by atoms with Crippen LogP contribution in [0.5, 0.6) is 5.75 Å². The van der Waals surface area contributed by atoms with Crippen LogP contribution in [0, 0.1) is 17.0 Å². The van der Waals surface area contributed by atoms with E-state index in [1.807, 2.05) is 6.92 Å². The highest BCUT2D eigenvalue weighted by Crippen LogP contribution is 2.37. The van der Waals surface area contributed by atoms with Crippen LogP contribution in [0.15, 0.2) is 36.4 Å².